The van der Waals surface area contributed by atoms with E-state index in [1.54, 1.807) is 20.8 Å². The summed E-state index contributed by atoms with van der Waals surface area (Å²) in [7, 11) is -3.21. The number of alkyl carbamates (subject to hydrolysis) is 1. The zero-order valence-electron chi connectivity index (χ0n) is 21.9. The molecule has 0 unspecified atom stereocenters. The number of sulfone groups is 1. The molecule has 9 nitrogen and oxygen atoms in total. The Kier molecular flexibility index (Phi) is 8.37. The number of thioether (sulfide) groups is 1. The molecule has 2 heterocycles. The molecule has 38 heavy (non-hydrogen) atoms. The highest BCUT2D eigenvalue weighted by molar-refractivity contribution is 8.16. The number of hydrogen-bond donors (Lipinski definition) is 1. The minimum Gasteiger partial charge on any atom is -0.494 e. The molecule has 2 aromatic rings. The molecule has 0 saturated carbocycles. The van der Waals surface area contributed by atoms with Crippen molar-refractivity contribution in [3.05, 3.63) is 60.2 Å². The topological polar surface area (TPSA) is 114 Å². The van der Waals surface area contributed by atoms with Crippen molar-refractivity contribution >= 4 is 44.5 Å². The molecule has 4 rings (SSSR count). The van der Waals surface area contributed by atoms with Crippen LogP contribution in [-0.2, 0) is 25.8 Å². The smallest absolute Gasteiger partial charge is 0.408 e. The number of rotatable bonds is 7. The summed E-state index contributed by atoms with van der Waals surface area (Å²) in [6.07, 6.45) is -0.484. The van der Waals surface area contributed by atoms with Gasteiger partial charge in [-0.25, -0.2) is 13.2 Å². The Morgan fingerprint density at radius 2 is 1.79 bits per heavy atom. The van der Waals surface area contributed by atoms with Crippen LogP contribution in [0.15, 0.2) is 59.6 Å². The average Bonchev–Trinajstić information content (AvgIpc) is 3.29. The van der Waals surface area contributed by atoms with Gasteiger partial charge in [-0.15, -0.1) is 0 Å². The number of carbonyl (C=O) groups is 2. The molecule has 0 spiro atoms. The van der Waals surface area contributed by atoms with Crippen LogP contribution in [0.2, 0.25) is 0 Å². The van der Waals surface area contributed by atoms with Crippen molar-refractivity contribution in [3.8, 4) is 5.75 Å². The molecule has 11 heteroatoms. The van der Waals surface area contributed by atoms with Crippen molar-refractivity contribution in [2.24, 2.45) is 4.99 Å². The first kappa shape index (κ1) is 28.0. The van der Waals surface area contributed by atoms with Crippen molar-refractivity contribution in [3.63, 3.8) is 0 Å². The number of benzene rings is 2. The van der Waals surface area contributed by atoms with Crippen molar-refractivity contribution < 1.29 is 27.5 Å². The van der Waals surface area contributed by atoms with Gasteiger partial charge in [0.15, 0.2) is 15.0 Å². The lowest BCUT2D eigenvalue weighted by atomic mass is 10.1. The highest BCUT2D eigenvalue weighted by Gasteiger charge is 2.49. The molecular formula is C27H33N3O6S2. The summed E-state index contributed by atoms with van der Waals surface area (Å²) in [5.41, 5.74) is 0.842. The minimum absolute atomic E-state index is 0.0192. The Morgan fingerprint density at radius 3 is 2.42 bits per heavy atom. The highest BCUT2D eigenvalue weighted by Crippen LogP contribution is 2.41. The first-order valence-electron chi connectivity index (χ1n) is 12.5. The van der Waals surface area contributed by atoms with Gasteiger partial charge in [-0.05, 0) is 57.5 Å². The van der Waals surface area contributed by atoms with E-state index < -0.39 is 33.5 Å². The number of carbonyl (C=O) groups excluding carboxylic acids is 2. The van der Waals surface area contributed by atoms with E-state index in [1.807, 2.05) is 66.4 Å². The summed E-state index contributed by atoms with van der Waals surface area (Å²) in [5.74, 6) is 0.153. The second-order valence-corrected chi connectivity index (χ2v) is 13.6. The average molecular weight is 560 g/mol. The Morgan fingerprint density at radius 1 is 1.11 bits per heavy atom. The van der Waals surface area contributed by atoms with Crippen LogP contribution in [0.4, 0.5) is 10.5 Å². The van der Waals surface area contributed by atoms with Gasteiger partial charge in [-0.1, -0.05) is 42.1 Å². The fraction of sp³-hybridized carbons (Fsp3) is 0.444. The van der Waals surface area contributed by atoms with Crippen molar-refractivity contribution in [2.45, 2.75) is 57.1 Å². The maximum atomic E-state index is 13.5. The summed E-state index contributed by atoms with van der Waals surface area (Å²) in [4.78, 5) is 32.4. The third-order valence-electron chi connectivity index (χ3n) is 5.97. The molecule has 0 aliphatic carbocycles. The molecule has 1 N–H and O–H groups in total. The van der Waals surface area contributed by atoms with Gasteiger partial charge < -0.3 is 19.7 Å². The molecule has 3 atom stereocenters. The van der Waals surface area contributed by atoms with E-state index in [1.165, 1.54) is 11.8 Å². The second-order valence-electron chi connectivity index (χ2n) is 10.2. The summed E-state index contributed by atoms with van der Waals surface area (Å²) >= 11 is 1.28. The molecule has 2 aliphatic heterocycles. The molecular weight excluding hydrogens is 526 g/mol. The van der Waals surface area contributed by atoms with E-state index >= 15 is 0 Å². The molecule has 0 aromatic heterocycles. The largest absolute Gasteiger partial charge is 0.494 e. The van der Waals surface area contributed by atoms with Crippen molar-refractivity contribution in [1.82, 2.24) is 5.32 Å². The zero-order chi connectivity index (χ0) is 27.5. The van der Waals surface area contributed by atoms with Gasteiger partial charge in [0, 0.05) is 17.4 Å². The first-order chi connectivity index (χ1) is 17.9. The van der Waals surface area contributed by atoms with Gasteiger partial charge >= 0.3 is 6.09 Å². The molecule has 2 fully saturated rings. The maximum absolute atomic E-state index is 13.5. The number of nitrogens with one attached hydrogen (secondary N) is 1. The molecule has 2 aliphatic rings. The fourth-order valence-electron chi connectivity index (χ4n) is 4.41. The number of aliphatic imine (C=N–C) groups is 1. The highest BCUT2D eigenvalue weighted by atomic mass is 32.2. The van der Waals surface area contributed by atoms with Crippen LogP contribution in [0, 0.1) is 0 Å². The summed E-state index contributed by atoms with van der Waals surface area (Å²) in [5, 5.41) is 2.84. The summed E-state index contributed by atoms with van der Waals surface area (Å²) in [6, 6.07) is 15.3. The number of anilines is 1. The predicted molar refractivity (Wildman–Crippen MR) is 150 cm³/mol. The Balaban J connectivity index is 1.64. The van der Waals surface area contributed by atoms with E-state index in [0.29, 0.717) is 17.5 Å². The zero-order valence-corrected chi connectivity index (χ0v) is 23.6. The monoisotopic (exact) mass is 559 g/mol. The minimum atomic E-state index is -3.21. The van der Waals surface area contributed by atoms with E-state index in [9.17, 15) is 18.0 Å². The third kappa shape index (κ3) is 7.08. The molecule has 2 amide bonds. The molecule has 2 aromatic carbocycles. The van der Waals surface area contributed by atoms with Crippen LogP contribution in [0.25, 0.3) is 0 Å². The number of nitrogens with zero attached hydrogens (tertiary/aromatic N) is 2. The standard InChI is InChI=1S/C27H33N3O6S2/c1-5-35-20-13-11-19(12-14-20)30-22-16-38(33,34)17-23(22)37-25(30)29-24(31)21(15-18-9-7-6-8-10-18)28-26(32)36-27(2,3)4/h6-14,21-23H,5,15-17H2,1-4H3,(H,28,32)/t21-,22-,23+/m0/s1. The lowest BCUT2D eigenvalue weighted by Gasteiger charge is -2.25. The molecule has 2 saturated heterocycles. The van der Waals surface area contributed by atoms with Crippen LogP contribution in [0.5, 0.6) is 5.75 Å². The van der Waals surface area contributed by atoms with Crippen molar-refractivity contribution in [1.29, 1.82) is 0 Å². The van der Waals surface area contributed by atoms with E-state index in [0.717, 1.165) is 11.3 Å². The number of ether oxygens (including phenoxy) is 2. The van der Waals surface area contributed by atoms with Crippen molar-refractivity contribution in [2.75, 3.05) is 23.0 Å². The fourth-order valence-corrected chi connectivity index (χ4v) is 8.33. The number of amidine groups is 1. The van der Waals surface area contributed by atoms with Gasteiger partial charge in [0.2, 0.25) is 0 Å². The lowest BCUT2D eigenvalue weighted by Crippen LogP contribution is -2.45. The third-order valence-corrected chi connectivity index (χ3v) is 9.18. The van der Waals surface area contributed by atoms with Gasteiger partial charge in [0.05, 0.1) is 24.2 Å². The quantitative estimate of drug-likeness (QED) is 0.545. The Labute approximate surface area is 227 Å². The van der Waals surface area contributed by atoms with E-state index in [4.69, 9.17) is 9.47 Å². The van der Waals surface area contributed by atoms with E-state index in [-0.39, 0.29) is 29.2 Å². The normalized spacial score (nSPS) is 22.1. The second kappa shape index (κ2) is 11.4. The maximum Gasteiger partial charge on any atom is 0.408 e. The molecule has 0 radical (unpaired) electrons. The van der Waals surface area contributed by atoms with Crippen LogP contribution in [0.1, 0.15) is 33.3 Å². The summed E-state index contributed by atoms with van der Waals surface area (Å²) in [6.45, 7) is 7.66. The molecule has 0 bridgehead atoms. The SMILES string of the molecule is CCOc1ccc(N2C(=NC(=O)[C@H](Cc3ccccc3)NC(=O)OC(C)(C)C)S[C@@H]3CS(=O)(=O)C[C@@H]32)cc1. The predicted octanol–water partition coefficient (Wildman–Crippen LogP) is 3.82. The lowest BCUT2D eigenvalue weighted by molar-refractivity contribution is -0.119. The molecule has 204 valence electrons. The van der Waals surface area contributed by atoms with Gasteiger partial charge in [0.25, 0.3) is 5.91 Å². The Hall–Kier alpha value is -3.05. The number of hydrogen-bond acceptors (Lipinski definition) is 7. The van der Waals surface area contributed by atoms with Crippen LogP contribution < -0.4 is 15.0 Å². The van der Waals surface area contributed by atoms with Crippen LogP contribution in [-0.4, -0.2) is 66.6 Å². The first-order valence-corrected chi connectivity index (χ1v) is 15.2. The van der Waals surface area contributed by atoms with Crippen LogP contribution in [0.3, 0.4) is 0 Å². The van der Waals surface area contributed by atoms with Gasteiger partial charge in [-0.3, -0.25) is 4.79 Å². The van der Waals surface area contributed by atoms with Gasteiger partial charge in [0.1, 0.15) is 17.4 Å². The Bertz CT molecular complexity index is 1290. The number of amides is 2. The van der Waals surface area contributed by atoms with E-state index in [2.05, 4.69) is 10.3 Å². The van der Waals surface area contributed by atoms with Crippen LogP contribution >= 0.6 is 11.8 Å². The summed E-state index contributed by atoms with van der Waals surface area (Å²) < 4.78 is 35.7. The number of fused-ring (bicyclic) bond motifs is 1. The van der Waals surface area contributed by atoms with Gasteiger partial charge in [-0.2, -0.15) is 4.99 Å².